The van der Waals surface area contributed by atoms with E-state index in [0.717, 1.165) is 0 Å². The van der Waals surface area contributed by atoms with Gasteiger partial charge in [0.1, 0.15) is 5.76 Å². The number of furan rings is 1. The van der Waals surface area contributed by atoms with Crippen LogP contribution in [0.1, 0.15) is 30.0 Å². The van der Waals surface area contributed by atoms with Crippen molar-refractivity contribution in [1.82, 2.24) is 5.32 Å². The SMILES string of the molecule is CCc1occc1C(=O)N[C@@H](C)CO. The lowest BCUT2D eigenvalue weighted by Gasteiger charge is -2.09. The van der Waals surface area contributed by atoms with Gasteiger partial charge in [0.15, 0.2) is 0 Å². The molecule has 14 heavy (non-hydrogen) atoms. The van der Waals surface area contributed by atoms with Gasteiger partial charge in [0.25, 0.3) is 5.91 Å². The molecule has 0 spiro atoms. The van der Waals surface area contributed by atoms with E-state index in [1.54, 1.807) is 13.0 Å². The Morgan fingerprint density at radius 1 is 1.71 bits per heavy atom. The Bertz CT molecular complexity index is 306. The Labute approximate surface area is 82.9 Å². The van der Waals surface area contributed by atoms with E-state index in [9.17, 15) is 4.79 Å². The van der Waals surface area contributed by atoms with Gasteiger partial charge in [0.05, 0.1) is 18.4 Å². The molecule has 0 aromatic carbocycles. The minimum absolute atomic E-state index is 0.0644. The molecule has 0 radical (unpaired) electrons. The number of hydrogen-bond donors (Lipinski definition) is 2. The minimum Gasteiger partial charge on any atom is -0.469 e. The van der Waals surface area contributed by atoms with Crippen LogP contribution >= 0.6 is 0 Å². The number of carbonyl (C=O) groups excluding carboxylic acids is 1. The second-order valence-electron chi connectivity index (χ2n) is 3.17. The van der Waals surface area contributed by atoms with Crippen molar-refractivity contribution >= 4 is 5.91 Å². The lowest BCUT2D eigenvalue weighted by Crippen LogP contribution is -2.35. The fourth-order valence-corrected chi connectivity index (χ4v) is 1.16. The molecule has 0 fully saturated rings. The maximum absolute atomic E-state index is 11.6. The van der Waals surface area contributed by atoms with E-state index in [1.807, 2.05) is 6.92 Å². The zero-order valence-electron chi connectivity index (χ0n) is 8.41. The van der Waals surface area contributed by atoms with Crippen LogP contribution in [0.5, 0.6) is 0 Å². The predicted molar refractivity (Wildman–Crippen MR) is 52.1 cm³/mol. The molecule has 2 N–H and O–H groups in total. The van der Waals surface area contributed by atoms with Crippen LogP contribution in [0, 0.1) is 0 Å². The average molecular weight is 197 g/mol. The normalized spacial score (nSPS) is 12.5. The van der Waals surface area contributed by atoms with Gasteiger partial charge in [0.2, 0.25) is 0 Å². The van der Waals surface area contributed by atoms with Gasteiger partial charge in [0, 0.05) is 12.5 Å². The number of hydrogen-bond acceptors (Lipinski definition) is 3. The maximum atomic E-state index is 11.6. The lowest BCUT2D eigenvalue weighted by molar-refractivity contribution is 0.0920. The van der Waals surface area contributed by atoms with Crippen molar-refractivity contribution in [1.29, 1.82) is 0 Å². The number of amides is 1. The van der Waals surface area contributed by atoms with Gasteiger partial charge in [-0.15, -0.1) is 0 Å². The smallest absolute Gasteiger partial charge is 0.255 e. The van der Waals surface area contributed by atoms with Crippen LogP contribution in [-0.2, 0) is 6.42 Å². The molecule has 1 heterocycles. The molecule has 0 aliphatic carbocycles. The van der Waals surface area contributed by atoms with Gasteiger partial charge in [-0.3, -0.25) is 4.79 Å². The molecule has 0 aliphatic rings. The summed E-state index contributed by atoms with van der Waals surface area (Å²) in [5.41, 5.74) is 0.549. The molecule has 78 valence electrons. The van der Waals surface area contributed by atoms with Crippen molar-refractivity contribution in [2.45, 2.75) is 26.3 Å². The van der Waals surface area contributed by atoms with E-state index in [1.165, 1.54) is 6.26 Å². The third-order valence-corrected chi connectivity index (χ3v) is 1.96. The topological polar surface area (TPSA) is 62.5 Å². The molecule has 0 saturated heterocycles. The van der Waals surface area contributed by atoms with Crippen LogP contribution in [0.4, 0.5) is 0 Å². The number of aryl methyl sites for hydroxylation is 1. The highest BCUT2D eigenvalue weighted by Gasteiger charge is 2.14. The summed E-state index contributed by atoms with van der Waals surface area (Å²) in [5, 5.41) is 11.4. The third-order valence-electron chi connectivity index (χ3n) is 1.96. The Morgan fingerprint density at radius 3 is 3.00 bits per heavy atom. The first-order chi connectivity index (χ1) is 6.69. The predicted octanol–water partition coefficient (Wildman–Crippen LogP) is 0.953. The summed E-state index contributed by atoms with van der Waals surface area (Å²) in [6.45, 7) is 3.60. The summed E-state index contributed by atoms with van der Waals surface area (Å²) < 4.78 is 5.13. The first-order valence-corrected chi connectivity index (χ1v) is 4.67. The van der Waals surface area contributed by atoms with Gasteiger partial charge in [-0.1, -0.05) is 6.92 Å². The van der Waals surface area contributed by atoms with Crippen molar-refractivity contribution in [2.24, 2.45) is 0 Å². The van der Waals surface area contributed by atoms with E-state index in [-0.39, 0.29) is 18.6 Å². The molecule has 0 saturated carbocycles. The summed E-state index contributed by atoms with van der Waals surface area (Å²) in [6, 6.07) is 1.40. The summed E-state index contributed by atoms with van der Waals surface area (Å²) in [7, 11) is 0. The molecular formula is C10H15NO3. The maximum Gasteiger partial charge on any atom is 0.255 e. The second-order valence-corrected chi connectivity index (χ2v) is 3.17. The molecule has 1 rings (SSSR count). The quantitative estimate of drug-likeness (QED) is 0.755. The zero-order chi connectivity index (χ0) is 10.6. The molecule has 1 amide bonds. The molecule has 1 aromatic rings. The molecule has 4 nitrogen and oxygen atoms in total. The van der Waals surface area contributed by atoms with Crippen LogP contribution in [0.25, 0.3) is 0 Å². The first kappa shape index (κ1) is 10.8. The van der Waals surface area contributed by atoms with E-state index >= 15 is 0 Å². The van der Waals surface area contributed by atoms with E-state index in [0.29, 0.717) is 17.7 Å². The van der Waals surface area contributed by atoms with E-state index in [4.69, 9.17) is 9.52 Å². The Morgan fingerprint density at radius 2 is 2.43 bits per heavy atom. The zero-order valence-corrected chi connectivity index (χ0v) is 8.41. The van der Waals surface area contributed by atoms with Gasteiger partial charge < -0.3 is 14.8 Å². The van der Waals surface area contributed by atoms with Gasteiger partial charge in [-0.2, -0.15) is 0 Å². The summed E-state index contributed by atoms with van der Waals surface area (Å²) in [4.78, 5) is 11.6. The number of nitrogens with one attached hydrogen (secondary N) is 1. The fraction of sp³-hybridized carbons (Fsp3) is 0.500. The van der Waals surface area contributed by atoms with Crippen molar-refractivity contribution in [3.63, 3.8) is 0 Å². The summed E-state index contributed by atoms with van der Waals surface area (Å²) in [5.74, 6) is 0.477. The fourth-order valence-electron chi connectivity index (χ4n) is 1.16. The minimum atomic E-state index is -0.234. The lowest BCUT2D eigenvalue weighted by atomic mass is 10.2. The Balaban J connectivity index is 2.69. The second kappa shape index (κ2) is 4.81. The van der Waals surface area contributed by atoms with E-state index < -0.39 is 0 Å². The highest BCUT2D eigenvalue weighted by molar-refractivity contribution is 5.95. The average Bonchev–Trinajstić information content (AvgIpc) is 2.65. The molecule has 0 aliphatic heterocycles. The van der Waals surface area contributed by atoms with Gasteiger partial charge in [-0.25, -0.2) is 0 Å². The molecule has 4 heteroatoms. The molecule has 1 atom stereocenters. The van der Waals surface area contributed by atoms with Gasteiger partial charge in [-0.05, 0) is 13.0 Å². The van der Waals surface area contributed by atoms with Crippen LogP contribution in [-0.4, -0.2) is 23.7 Å². The van der Waals surface area contributed by atoms with Crippen LogP contribution < -0.4 is 5.32 Å². The third kappa shape index (κ3) is 2.35. The molecule has 0 unspecified atom stereocenters. The number of rotatable bonds is 4. The first-order valence-electron chi connectivity index (χ1n) is 4.67. The van der Waals surface area contributed by atoms with Gasteiger partial charge >= 0.3 is 0 Å². The van der Waals surface area contributed by atoms with Crippen LogP contribution in [0.2, 0.25) is 0 Å². The Hall–Kier alpha value is -1.29. The van der Waals surface area contributed by atoms with Crippen LogP contribution in [0.15, 0.2) is 16.7 Å². The number of aliphatic hydroxyl groups excluding tert-OH is 1. The Kier molecular flexibility index (Phi) is 3.71. The van der Waals surface area contributed by atoms with Crippen molar-refractivity contribution < 1.29 is 14.3 Å². The summed E-state index contributed by atoms with van der Waals surface area (Å²) >= 11 is 0. The highest BCUT2D eigenvalue weighted by atomic mass is 16.3. The molecule has 1 aromatic heterocycles. The van der Waals surface area contributed by atoms with Crippen molar-refractivity contribution in [3.8, 4) is 0 Å². The van der Waals surface area contributed by atoms with Crippen molar-refractivity contribution in [2.75, 3.05) is 6.61 Å². The highest BCUT2D eigenvalue weighted by Crippen LogP contribution is 2.10. The summed E-state index contributed by atoms with van der Waals surface area (Å²) in [6.07, 6.45) is 2.18. The standard InChI is InChI=1S/C10H15NO3/c1-3-9-8(4-5-14-9)10(13)11-7(2)6-12/h4-5,7,12H,3,6H2,1-2H3,(H,11,13)/t7-/m0/s1. The largest absolute Gasteiger partial charge is 0.469 e. The van der Waals surface area contributed by atoms with E-state index in [2.05, 4.69) is 5.32 Å². The number of carbonyl (C=O) groups is 1. The monoisotopic (exact) mass is 197 g/mol. The molecular weight excluding hydrogens is 182 g/mol. The molecule has 0 bridgehead atoms. The van der Waals surface area contributed by atoms with Crippen LogP contribution in [0.3, 0.4) is 0 Å². The number of aliphatic hydroxyl groups is 1. The van der Waals surface area contributed by atoms with Crippen molar-refractivity contribution in [3.05, 3.63) is 23.7 Å².